The van der Waals surface area contributed by atoms with Gasteiger partial charge in [0, 0.05) is 44.8 Å². The Bertz CT molecular complexity index is 544. The van der Waals surface area contributed by atoms with Crippen molar-refractivity contribution in [3.8, 4) is 0 Å². The van der Waals surface area contributed by atoms with Gasteiger partial charge in [0.25, 0.3) is 0 Å². The van der Waals surface area contributed by atoms with E-state index in [2.05, 4.69) is 40.1 Å². The van der Waals surface area contributed by atoms with Crippen LogP contribution in [0, 0.1) is 0 Å². The molecule has 0 radical (unpaired) electrons. The lowest BCUT2D eigenvalue weighted by Crippen LogP contribution is -2.45. The largest absolute Gasteiger partial charge is 0.468 e. The number of piperazine rings is 1. The molecule has 2 heterocycles. The maximum Gasteiger partial charge on any atom is 0.122 e. The normalized spacial score (nSPS) is 17.2. The minimum absolute atomic E-state index is 0.555. The molecule has 0 amide bonds. The summed E-state index contributed by atoms with van der Waals surface area (Å²) in [5.74, 6) is 1.02. The van der Waals surface area contributed by atoms with Gasteiger partial charge in [0.2, 0.25) is 0 Å². The summed E-state index contributed by atoms with van der Waals surface area (Å²) < 4.78 is 5.55. The van der Waals surface area contributed by atoms with Crippen LogP contribution in [0.5, 0.6) is 0 Å². The van der Waals surface area contributed by atoms with Crippen molar-refractivity contribution in [2.24, 2.45) is 5.73 Å². The van der Waals surface area contributed by atoms with Gasteiger partial charge in [0.15, 0.2) is 0 Å². The van der Waals surface area contributed by atoms with Crippen LogP contribution in [0.25, 0.3) is 0 Å². The highest BCUT2D eigenvalue weighted by atomic mass is 16.3. The van der Waals surface area contributed by atoms with E-state index in [1.54, 1.807) is 6.26 Å². The van der Waals surface area contributed by atoms with Crippen LogP contribution in [0.1, 0.15) is 16.9 Å². The first-order valence-electron chi connectivity index (χ1n) is 7.59. The second-order valence-electron chi connectivity index (χ2n) is 5.61. The zero-order valence-corrected chi connectivity index (χ0v) is 12.4. The number of nitrogens with two attached hydrogens (primary N) is 1. The second-order valence-corrected chi connectivity index (χ2v) is 5.61. The van der Waals surface area contributed by atoms with Crippen LogP contribution < -0.4 is 5.73 Å². The van der Waals surface area contributed by atoms with Crippen molar-refractivity contribution in [1.29, 1.82) is 0 Å². The highest BCUT2D eigenvalue weighted by Gasteiger charge is 2.18. The maximum absolute atomic E-state index is 5.72. The Morgan fingerprint density at radius 2 is 1.57 bits per heavy atom. The zero-order chi connectivity index (χ0) is 14.5. The molecule has 2 N–H and O–H groups in total. The maximum atomic E-state index is 5.72. The van der Waals surface area contributed by atoms with E-state index in [1.165, 1.54) is 5.56 Å². The quantitative estimate of drug-likeness (QED) is 0.913. The Morgan fingerprint density at radius 1 is 0.905 bits per heavy atom. The van der Waals surface area contributed by atoms with Crippen LogP contribution in [0.15, 0.2) is 47.1 Å². The van der Waals surface area contributed by atoms with Crippen LogP contribution in [-0.4, -0.2) is 36.0 Å². The standard InChI is InChI=1S/C17H23N3O/c18-12-16-6-11-21-17(16)14-20-9-7-19(8-10-20)13-15-4-2-1-3-5-15/h1-6,11H,7-10,12-14,18H2. The summed E-state index contributed by atoms with van der Waals surface area (Å²) in [6.45, 7) is 6.85. The van der Waals surface area contributed by atoms with Gasteiger partial charge in [0.1, 0.15) is 5.76 Å². The molecule has 1 aromatic heterocycles. The third kappa shape index (κ3) is 3.73. The molecule has 0 unspecified atom stereocenters. The van der Waals surface area contributed by atoms with Crippen molar-refractivity contribution >= 4 is 0 Å². The molecule has 0 bridgehead atoms. The number of furan rings is 1. The van der Waals surface area contributed by atoms with E-state index in [-0.39, 0.29) is 0 Å². The predicted octanol–water partition coefficient (Wildman–Crippen LogP) is 2.06. The molecule has 0 saturated carbocycles. The molecule has 1 aliphatic rings. The average Bonchev–Trinajstić information content (AvgIpc) is 2.97. The van der Waals surface area contributed by atoms with E-state index in [4.69, 9.17) is 10.2 Å². The van der Waals surface area contributed by atoms with Crippen molar-refractivity contribution < 1.29 is 4.42 Å². The van der Waals surface area contributed by atoms with Crippen molar-refractivity contribution in [2.45, 2.75) is 19.6 Å². The van der Waals surface area contributed by atoms with Crippen molar-refractivity contribution in [1.82, 2.24) is 9.80 Å². The van der Waals surface area contributed by atoms with Gasteiger partial charge >= 0.3 is 0 Å². The molecule has 1 aliphatic heterocycles. The van der Waals surface area contributed by atoms with E-state index >= 15 is 0 Å². The summed E-state index contributed by atoms with van der Waals surface area (Å²) in [7, 11) is 0. The number of hydrogen-bond donors (Lipinski definition) is 1. The van der Waals surface area contributed by atoms with Crippen LogP contribution in [0.3, 0.4) is 0 Å². The Morgan fingerprint density at radius 3 is 2.24 bits per heavy atom. The van der Waals surface area contributed by atoms with Crippen LogP contribution in [0.2, 0.25) is 0 Å². The van der Waals surface area contributed by atoms with Gasteiger partial charge in [-0.25, -0.2) is 0 Å². The molecular formula is C17H23N3O. The fourth-order valence-corrected chi connectivity index (χ4v) is 2.84. The molecule has 4 nitrogen and oxygen atoms in total. The summed E-state index contributed by atoms with van der Waals surface area (Å²) in [6, 6.07) is 12.7. The van der Waals surface area contributed by atoms with Gasteiger partial charge in [-0.15, -0.1) is 0 Å². The number of hydrogen-bond acceptors (Lipinski definition) is 4. The van der Waals surface area contributed by atoms with Gasteiger partial charge in [0.05, 0.1) is 12.8 Å². The fourth-order valence-electron chi connectivity index (χ4n) is 2.84. The lowest BCUT2D eigenvalue weighted by molar-refractivity contribution is 0.115. The number of nitrogens with zero attached hydrogens (tertiary/aromatic N) is 2. The first-order valence-corrected chi connectivity index (χ1v) is 7.59. The molecule has 0 atom stereocenters. The molecule has 0 spiro atoms. The minimum Gasteiger partial charge on any atom is -0.468 e. The molecule has 1 saturated heterocycles. The third-order valence-electron chi connectivity index (χ3n) is 4.14. The topological polar surface area (TPSA) is 45.6 Å². The first-order chi connectivity index (χ1) is 10.3. The highest BCUT2D eigenvalue weighted by molar-refractivity contribution is 5.17. The van der Waals surface area contributed by atoms with E-state index in [1.807, 2.05) is 6.07 Å². The van der Waals surface area contributed by atoms with E-state index in [9.17, 15) is 0 Å². The monoisotopic (exact) mass is 285 g/mol. The Labute approximate surface area is 126 Å². The van der Waals surface area contributed by atoms with E-state index in [0.717, 1.165) is 50.6 Å². The van der Waals surface area contributed by atoms with Crippen molar-refractivity contribution in [3.05, 3.63) is 59.5 Å². The van der Waals surface area contributed by atoms with Crippen LogP contribution in [-0.2, 0) is 19.6 Å². The predicted molar refractivity (Wildman–Crippen MR) is 83.6 cm³/mol. The van der Waals surface area contributed by atoms with E-state index < -0.39 is 0 Å². The smallest absolute Gasteiger partial charge is 0.122 e. The van der Waals surface area contributed by atoms with Crippen LogP contribution >= 0.6 is 0 Å². The number of benzene rings is 1. The second kappa shape index (κ2) is 6.89. The molecule has 112 valence electrons. The van der Waals surface area contributed by atoms with E-state index in [0.29, 0.717) is 6.54 Å². The zero-order valence-electron chi connectivity index (χ0n) is 12.4. The van der Waals surface area contributed by atoms with Gasteiger partial charge < -0.3 is 10.2 Å². The Hall–Kier alpha value is -1.62. The molecule has 21 heavy (non-hydrogen) atoms. The molecular weight excluding hydrogens is 262 g/mol. The Balaban J connectivity index is 1.49. The summed E-state index contributed by atoms with van der Waals surface area (Å²) in [6.07, 6.45) is 1.74. The lowest BCUT2D eigenvalue weighted by Gasteiger charge is -2.34. The fraction of sp³-hybridized carbons (Fsp3) is 0.412. The third-order valence-corrected chi connectivity index (χ3v) is 4.14. The lowest BCUT2D eigenvalue weighted by atomic mass is 10.2. The molecule has 2 aromatic rings. The highest BCUT2D eigenvalue weighted by Crippen LogP contribution is 2.15. The molecule has 1 aromatic carbocycles. The molecule has 4 heteroatoms. The van der Waals surface area contributed by atoms with Gasteiger partial charge in [-0.3, -0.25) is 9.80 Å². The van der Waals surface area contributed by atoms with Crippen molar-refractivity contribution in [2.75, 3.05) is 26.2 Å². The summed E-state index contributed by atoms with van der Waals surface area (Å²) in [5, 5.41) is 0. The molecule has 3 rings (SSSR count). The summed E-state index contributed by atoms with van der Waals surface area (Å²) >= 11 is 0. The first kappa shape index (κ1) is 14.3. The SMILES string of the molecule is NCc1ccoc1CN1CCN(Cc2ccccc2)CC1. The molecule has 1 fully saturated rings. The van der Waals surface area contributed by atoms with Crippen molar-refractivity contribution in [3.63, 3.8) is 0 Å². The summed E-state index contributed by atoms with van der Waals surface area (Å²) in [5.41, 5.74) is 8.24. The molecule has 0 aliphatic carbocycles. The van der Waals surface area contributed by atoms with Gasteiger partial charge in [-0.05, 0) is 11.6 Å². The van der Waals surface area contributed by atoms with Gasteiger partial charge in [-0.1, -0.05) is 30.3 Å². The van der Waals surface area contributed by atoms with Crippen LogP contribution in [0.4, 0.5) is 0 Å². The summed E-state index contributed by atoms with van der Waals surface area (Å²) in [4.78, 5) is 4.96. The Kier molecular flexibility index (Phi) is 4.70. The number of rotatable bonds is 5. The average molecular weight is 285 g/mol. The van der Waals surface area contributed by atoms with Gasteiger partial charge in [-0.2, -0.15) is 0 Å². The minimum atomic E-state index is 0.555.